The third kappa shape index (κ3) is 3.30. The average molecular weight is 296 g/mol. The summed E-state index contributed by atoms with van der Waals surface area (Å²) in [5.74, 6) is -0.189. The Labute approximate surface area is 122 Å². The van der Waals surface area contributed by atoms with Crippen molar-refractivity contribution in [1.82, 2.24) is 15.4 Å². The van der Waals surface area contributed by atoms with Crippen LogP contribution in [0.15, 0.2) is 24.3 Å². The van der Waals surface area contributed by atoms with E-state index in [0.717, 1.165) is 23.9 Å². The second kappa shape index (κ2) is 6.74. The zero-order valence-electron chi connectivity index (χ0n) is 11.6. The molecule has 2 aromatic rings. The molecule has 2 N–H and O–H groups in total. The number of hydrogen-bond donors (Lipinski definition) is 2. The van der Waals surface area contributed by atoms with Gasteiger partial charge in [-0.05, 0) is 12.5 Å². The molecule has 0 aliphatic heterocycles. The number of rotatable bonds is 6. The topological polar surface area (TPSA) is 57.4 Å². The maximum atomic E-state index is 12.1. The van der Waals surface area contributed by atoms with Crippen molar-refractivity contribution in [3.63, 3.8) is 0 Å². The van der Waals surface area contributed by atoms with E-state index in [1.807, 2.05) is 31.3 Å². The molecule has 108 valence electrons. The maximum Gasteiger partial charge on any atom is 0.269 e. The molecular formula is C14H18ClN3O2. The zero-order valence-corrected chi connectivity index (χ0v) is 12.3. The third-order valence-electron chi connectivity index (χ3n) is 3.12. The molecule has 0 saturated carbocycles. The molecule has 0 spiro atoms. The van der Waals surface area contributed by atoms with Crippen LogP contribution in [0.1, 0.15) is 16.9 Å². The Kier molecular flexibility index (Phi) is 5.00. The van der Waals surface area contributed by atoms with Gasteiger partial charge >= 0.3 is 0 Å². The van der Waals surface area contributed by atoms with Crippen LogP contribution in [0.3, 0.4) is 0 Å². The molecule has 20 heavy (non-hydrogen) atoms. The van der Waals surface area contributed by atoms with E-state index < -0.39 is 0 Å². The van der Waals surface area contributed by atoms with Gasteiger partial charge in [0.1, 0.15) is 5.69 Å². The van der Waals surface area contributed by atoms with Crippen LogP contribution in [0.5, 0.6) is 0 Å². The predicted octanol–water partition coefficient (Wildman–Crippen LogP) is 2.43. The number of aromatic amines is 1. The van der Waals surface area contributed by atoms with Gasteiger partial charge in [0.15, 0.2) is 0 Å². The highest BCUT2D eigenvalue weighted by Gasteiger charge is 2.15. The summed E-state index contributed by atoms with van der Waals surface area (Å²) >= 11 is 6.22. The molecule has 1 aromatic carbocycles. The first-order valence-corrected chi connectivity index (χ1v) is 6.81. The van der Waals surface area contributed by atoms with Gasteiger partial charge in [-0.2, -0.15) is 5.06 Å². The first kappa shape index (κ1) is 14.8. The highest BCUT2D eigenvalue weighted by Crippen LogP contribution is 2.26. The summed E-state index contributed by atoms with van der Waals surface area (Å²) in [7, 11) is 3.46. The summed E-state index contributed by atoms with van der Waals surface area (Å²) in [6, 6.07) is 7.58. The lowest BCUT2D eigenvalue weighted by molar-refractivity contribution is -0.109. The van der Waals surface area contributed by atoms with Gasteiger partial charge in [-0.3, -0.25) is 4.79 Å². The first-order chi connectivity index (χ1) is 9.63. The number of halogens is 1. The Morgan fingerprint density at radius 3 is 2.90 bits per heavy atom. The van der Waals surface area contributed by atoms with Gasteiger partial charge in [0.05, 0.1) is 12.1 Å². The fourth-order valence-corrected chi connectivity index (χ4v) is 2.25. The van der Waals surface area contributed by atoms with Crippen molar-refractivity contribution in [2.24, 2.45) is 0 Å². The fraction of sp³-hybridized carbons (Fsp3) is 0.357. The lowest BCUT2D eigenvalue weighted by Crippen LogP contribution is -2.28. The molecule has 5 nitrogen and oxygen atoms in total. The molecule has 0 unspecified atom stereocenters. The number of benzene rings is 1. The Hall–Kier alpha value is -1.56. The van der Waals surface area contributed by atoms with E-state index in [-0.39, 0.29) is 5.91 Å². The SMILES string of the molecule is CON(C)CCCNC(=O)c1[nH]c2ccccc2c1Cl. The number of amides is 1. The number of hydrogen-bond acceptors (Lipinski definition) is 3. The van der Waals surface area contributed by atoms with E-state index in [4.69, 9.17) is 16.4 Å². The molecule has 6 heteroatoms. The number of nitrogens with zero attached hydrogens (tertiary/aromatic N) is 1. The molecule has 0 fully saturated rings. The minimum absolute atomic E-state index is 0.189. The molecule has 0 bridgehead atoms. The van der Waals surface area contributed by atoms with Crippen molar-refractivity contribution in [3.05, 3.63) is 35.0 Å². The van der Waals surface area contributed by atoms with Gasteiger partial charge < -0.3 is 15.1 Å². The fourth-order valence-electron chi connectivity index (χ4n) is 1.95. The van der Waals surface area contributed by atoms with Crippen molar-refractivity contribution >= 4 is 28.4 Å². The van der Waals surface area contributed by atoms with Crippen molar-refractivity contribution in [1.29, 1.82) is 0 Å². The largest absolute Gasteiger partial charge is 0.351 e. The van der Waals surface area contributed by atoms with Gasteiger partial charge in [0.25, 0.3) is 5.91 Å². The molecule has 2 rings (SSSR count). The van der Waals surface area contributed by atoms with Crippen molar-refractivity contribution in [2.45, 2.75) is 6.42 Å². The molecule has 1 amide bonds. The number of carbonyl (C=O) groups excluding carboxylic acids is 1. The Bertz CT molecular complexity index is 597. The van der Waals surface area contributed by atoms with Gasteiger partial charge in [0.2, 0.25) is 0 Å². The summed E-state index contributed by atoms with van der Waals surface area (Å²) in [6.07, 6.45) is 0.800. The van der Waals surface area contributed by atoms with Crippen LogP contribution >= 0.6 is 11.6 Å². The van der Waals surface area contributed by atoms with E-state index in [1.54, 1.807) is 12.2 Å². The van der Waals surface area contributed by atoms with Crippen LogP contribution in [0.25, 0.3) is 10.9 Å². The van der Waals surface area contributed by atoms with Crippen molar-refractivity contribution < 1.29 is 9.63 Å². The van der Waals surface area contributed by atoms with Gasteiger partial charge in [-0.1, -0.05) is 29.8 Å². The molecule has 0 aliphatic rings. The number of nitrogens with one attached hydrogen (secondary N) is 2. The monoisotopic (exact) mass is 295 g/mol. The van der Waals surface area contributed by atoms with E-state index in [9.17, 15) is 4.79 Å². The van der Waals surface area contributed by atoms with Crippen molar-refractivity contribution in [3.8, 4) is 0 Å². The normalized spacial score (nSPS) is 11.2. The van der Waals surface area contributed by atoms with Gasteiger partial charge in [0, 0.05) is 31.0 Å². The van der Waals surface area contributed by atoms with E-state index in [1.165, 1.54) is 0 Å². The zero-order chi connectivity index (χ0) is 14.5. The molecular weight excluding hydrogens is 278 g/mol. The van der Waals surface area contributed by atoms with E-state index in [0.29, 0.717) is 17.3 Å². The van der Waals surface area contributed by atoms with Crippen LogP contribution in [0, 0.1) is 0 Å². The summed E-state index contributed by atoms with van der Waals surface area (Å²) in [5.41, 5.74) is 1.27. The average Bonchev–Trinajstić information content (AvgIpc) is 2.81. The summed E-state index contributed by atoms with van der Waals surface area (Å²) in [5, 5.41) is 5.88. The molecule has 0 radical (unpaired) electrons. The Morgan fingerprint density at radius 1 is 1.45 bits per heavy atom. The highest BCUT2D eigenvalue weighted by atomic mass is 35.5. The van der Waals surface area contributed by atoms with Crippen LogP contribution < -0.4 is 5.32 Å². The number of carbonyl (C=O) groups is 1. The third-order valence-corrected chi connectivity index (χ3v) is 3.51. The number of hydroxylamine groups is 2. The summed E-state index contributed by atoms with van der Waals surface area (Å²) < 4.78 is 0. The minimum Gasteiger partial charge on any atom is -0.351 e. The summed E-state index contributed by atoms with van der Waals surface area (Å²) in [6.45, 7) is 1.31. The van der Waals surface area contributed by atoms with Crippen LogP contribution in [0.4, 0.5) is 0 Å². The van der Waals surface area contributed by atoms with Crippen LogP contribution in [-0.2, 0) is 4.84 Å². The molecule has 1 aromatic heterocycles. The molecule has 0 atom stereocenters. The Balaban J connectivity index is 1.96. The first-order valence-electron chi connectivity index (χ1n) is 6.43. The van der Waals surface area contributed by atoms with E-state index in [2.05, 4.69) is 10.3 Å². The second-order valence-electron chi connectivity index (χ2n) is 4.50. The maximum absolute atomic E-state index is 12.1. The smallest absolute Gasteiger partial charge is 0.269 e. The molecule has 0 aliphatic carbocycles. The number of aromatic nitrogens is 1. The number of para-hydroxylation sites is 1. The molecule has 0 saturated heterocycles. The highest BCUT2D eigenvalue weighted by molar-refractivity contribution is 6.38. The lowest BCUT2D eigenvalue weighted by Gasteiger charge is -2.12. The van der Waals surface area contributed by atoms with E-state index >= 15 is 0 Å². The van der Waals surface area contributed by atoms with Gasteiger partial charge in [-0.15, -0.1) is 0 Å². The Morgan fingerprint density at radius 2 is 2.20 bits per heavy atom. The minimum atomic E-state index is -0.189. The summed E-state index contributed by atoms with van der Waals surface area (Å²) in [4.78, 5) is 20.1. The second-order valence-corrected chi connectivity index (χ2v) is 4.88. The van der Waals surface area contributed by atoms with Crippen LogP contribution in [-0.4, -0.2) is 43.2 Å². The molecule has 1 heterocycles. The predicted molar refractivity (Wildman–Crippen MR) is 79.9 cm³/mol. The lowest BCUT2D eigenvalue weighted by atomic mass is 10.2. The van der Waals surface area contributed by atoms with Crippen molar-refractivity contribution in [2.75, 3.05) is 27.2 Å². The standard InChI is InChI=1S/C14H18ClN3O2/c1-18(20-2)9-5-8-16-14(19)13-12(15)10-6-3-4-7-11(10)17-13/h3-4,6-7,17H,5,8-9H2,1-2H3,(H,16,19). The van der Waals surface area contributed by atoms with Gasteiger partial charge in [-0.25, -0.2) is 0 Å². The number of H-pyrrole nitrogens is 1. The quantitative estimate of drug-likeness (QED) is 0.636. The number of fused-ring (bicyclic) bond motifs is 1. The van der Waals surface area contributed by atoms with Crippen LogP contribution in [0.2, 0.25) is 5.02 Å².